The molecule has 2 fully saturated rings. The molecule has 0 aromatic heterocycles. The summed E-state index contributed by atoms with van der Waals surface area (Å²) in [4.78, 5) is 10.8. The minimum absolute atomic E-state index is 0.0192. The van der Waals surface area contributed by atoms with Gasteiger partial charge >= 0.3 is 6.16 Å². The molecule has 0 aromatic carbocycles. The predicted octanol–water partition coefficient (Wildman–Crippen LogP) is 1.88. The molecule has 0 radical (unpaired) electrons. The van der Waals surface area contributed by atoms with Crippen molar-refractivity contribution in [1.82, 2.24) is 0 Å². The van der Waals surface area contributed by atoms with E-state index in [9.17, 15) is 4.79 Å². The monoisotopic (exact) mass is 168 g/mol. The lowest BCUT2D eigenvalue weighted by molar-refractivity contribution is 0.0773. The van der Waals surface area contributed by atoms with E-state index in [0.717, 1.165) is 19.3 Å². The van der Waals surface area contributed by atoms with E-state index in [1.807, 2.05) is 6.08 Å². The summed E-state index contributed by atoms with van der Waals surface area (Å²) >= 11 is 0. The minimum Gasteiger partial charge on any atom is -0.427 e. The smallest absolute Gasteiger partial charge is 0.427 e. The first-order chi connectivity index (χ1) is 5.81. The Morgan fingerprint density at radius 1 is 1.42 bits per heavy atom. The molecule has 0 aromatic rings. The Balaban J connectivity index is 2.12. The lowest BCUT2D eigenvalue weighted by atomic mass is 9.85. The van der Waals surface area contributed by atoms with Gasteiger partial charge in [-0.2, -0.15) is 0 Å². The number of fused-ring (bicyclic) bond motifs is 1. The number of hydrogen-bond donors (Lipinski definition) is 0. The average Bonchev–Trinajstić information content (AvgIpc) is 2.44. The molecular formula is C9H12O3. The Morgan fingerprint density at radius 2 is 2.25 bits per heavy atom. The SMILES string of the molecule is C=CC1CCCC2OC(=O)OC12. The van der Waals surface area contributed by atoms with Gasteiger partial charge in [0, 0.05) is 5.92 Å². The van der Waals surface area contributed by atoms with Crippen LogP contribution in [0.4, 0.5) is 4.79 Å². The van der Waals surface area contributed by atoms with Crippen molar-refractivity contribution < 1.29 is 14.3 Å². The lowest BCUT2D eigenvalue weighted by Gasteiger charge is -2.27. The maximum atomic E-state index is 10.8. The Labute approximate surface area is 71.3 Å². The second-order valence-electron chi connectivity index (χ2n) is 3.32. The van der Waals surface area contributed by atoms with Gasteiger partial charge in [-0.1, -0.05) is 6.08 Å². The van der Waals surface area contributed by atoms with Crippen molar-refractivity contribution in [3.05, 3.63) is 12.7 Å². The van der Waals surface area contributed by atoms with Crippen LogP contribution in [0.15, 0.2) is 12.7 Å². The second-order valence-corrected chi connectivity index (χ2v) is 3.32. The van der Waals surface area contributed by atoms with Gasteiger partial charge in [-0.15, -0.1) is 6.58 Å². The summed E-state index contributed by atoms with van der Waals surface area (Å²) in [5, 5.41) is 0. The van der Waals surface area contributed by atoms with E-state index >= 15 is 0 Å². The highest BCUT2D eigenvalue weighted by Crippen LogP contribution is 2.34. The molecule has 1 saturated heterocycles. The normalized spacial score (nSPS) is 39.7. The molecule has 0 N–H and O–H groups in total. The first kappa shape index (κ1) is 7.65. The van der Waals surface area contributed by atoms with Crippen molar-refractivity contribution in [3.8, 4) is 0 Å². The quantitative estimate of drug-likeness (QED) is 0.443. The topological polar surface area (TPSA) is 35.5 Å². The van der Waals surface area contributed by atoms with Crippen molar-refractivity contribution in [3.63, 3.8) is 0 Å². The van der Waals surface area contributed by atoms with E-state index in [4.69, 9.17) is 9.47 Å². The Hall–Kier alpha value is -0.990. The van der Waals surface area contributed by atoms with E-state index in [1.165, 1.54) is 0 Å². The molecule has 1 heterocycles. The number of carbonyl (C=O) groups is 1. The Bertz CT molecular complexity index is 212. The van der Waals surface area contributed by atoms with Crippen molar-refractivity contribution in [2.24, 2.45) is 5.92 Å². The van der Waals surface area contributed by atoms with E-state index in [-0.39, 0.29) is 18.1 Å². The van der Waals surface area contributed by atoms with E-state index in [0.29, 0.717) is 0 Å². The van der Waals surface area contributed by atoms with Gasteiger partial charge < -0.3 is 9.47 Å². The zero-order valence-corrected chi connectivity index (χ0v) is 6.86. The predicted molar refractivity (Wildman–Crippen MR) is 42.7 cm³/mol. The summed E-state index contributed by atoms with van der Waals surface area (Å²) in [7, 11) is 0. The first-order valence-corrected chi connectivity index (χ1v) is 4.31. The van der Waals surface area contributed by atoms with Crippen LogP contribution in [0.3, 0.4) is 0 Å². The van der Waals surface area contributed by atoms with Crippen LogP contribution >= 0.6 is 0 Å². The van der Waals surface area contributed by atoms with Crippen LogP contribution < -0.4 is 0 Å². The van der Waals surface area contributed by atoms with Gasteiger partial charge in [0.1, 0.15) is 12.2 Å². The molecule has 0 amide bonds. The highest BCUT2D eigenvalue weighted by molar-refractivity contribution is 5.62. The maximum Gasteiger partial charge on any atom is 0.509 e. The van der Waals surface area contributed by atoms with Crippen molar-refractivity contribution in [2.45, 2.75) is 31.5 Å². The van der Waals surface area contributed by atoms with Crippen LogP contribution in [0, 0.1) is 5.92 Å². The number of carbonyl (C=O) groups excluding carboxylic acids is 1. The average molecular weight is 168 g/mol. The zero-order valence-electron chi connectivity index (χ0n) is 6.86. The minimum atomic E-state index is -0.515. The summed E-state index contributed by atoms with van der Waals surface area (Å²) in [5.74, 6) is 0.287. The second kappa shape index (κ2) is 2.81. The summed E-state index contributed by atoms with van der Waals surface area (Å²) in [5.41, 5.74) is 0. The molecular weight excluding hydrogens is 156 g/mol. The maximum absolute atomic E-state index is 10.8. The van der Waals surface area contributed by atoms with Gasteiger partial charge in [-0.3, -0.25) is 0 Å². The summed E-state index contributed by atoms with van der Waals surface area (Å²) < 4.78 is 10.0. The third-order valence-electron chi connectivity index (χ3n) is 2.60. The van der Waals surface area contributed by atoms with E-state index in [2.05, 4.69) is 6.58 Å². The zero-order chi connectivity index (χ0) is 8.55. The number of ether oxygens (including phenoxy) is 2. The highest BCUT2D eigenvalue weighted by atomic mass is 16.8. The third-order valence-corrected chi connectivity index (χ3v) is 2.60. The molecule has 66 valence electrons. The van der Waals surface area contributed by atoms with Gasteiger partial charge in [0.25, 0.3) is 0 Å². The van der Waals surface area contributed by atoms with Crippen LogP contribution in [-0.2, 0) is 9.47 Å². The van der Waals surface area contributed by atoms with Crippen LogP contribution in [0.1, 0.15) is 19.3 Å². The van der Waals surface area contributed by atoms with Crippen LogP contribution in [0.25, 0.3) is 0 Å². The molecule has 0 spiro atoms. The van der Waals surface area contributed by atoms with Crippen LogP contribution in [0.5, 0.6) is 0 Å². The lowest BCUT2D eigenvalue weighted by Crippen LogP contribution is -2.33. The standard InChI is InChI=1S/C9H12O3/c1-2-6-4-3-5-7-8(6)12-9(10)11-7/h2,6-8H,1,3-5H2. The Kier molecular flexibility index (Phi) is 1.79. The van der Waals surface area contributed by atoms with Crippen LogP contribution in [-0.4, -0.2) is 18.4 Å². The van der Waals surface area contributed by atoms with Gasteiger partial charge in [-0.05, 0) is 19.3 Å². The van der Waals surface area contributed by atoms with Crippen molar-refractivity contribution in [2.75, 3.05) is 0 Å². The van der Waals surface area contributed by atoms with Gasteiger partial charge in [-0.25, -0.2) is 4.79 Å². The third kappa shape index (κ3) is 1.09. The first-order valence-electron chi connectivity index (χ1n) is 4.31. The fraction of sp³-hybridized carbons (Fsp3) is 0.667. The van der Waals surface area contributed by atoms with Gasteiger partial charge in [0.2, 0.25) is 0 Å². The molecule has 2 rings (SSSR count). The molecule has 3 unspecified atom stereocenters. The van der Waals surface area contributed by atoms with Crippen molar-refractivity contribution in [1.29, 1.82) is 0 Å². The molecule has 3 heteroatoms. The molecule has 1 saturated carbocycles. The summed E-state index contributed by atoms with van der Waals surface area (Å²) in [6, 6.07) is 0. The molecule has 2 aliphatic rings. The molecule has 3 nitrogen and oxygen atoms in total. The number of rotatable bonds is 1. The highest BCUT2D eigenvalue weighted by Gasteiger charge is 2.42. The molecule has 12 heavy (non-hydrogen) atoms. The fourth-order valence-corrected chi connectivity index (χ4v) is 1.96. The Morgan fingerprint density at radius 3 is 3.00 bits per heavy atom. The van der Waals surface area contributed by atoms with Gasteiger partial charge in [0.15, 0.2) is 0 Å². The molecule has 1 aliphatic carbocycles. The summed E-state index contributed by atoms with van der Waals surface area (Å²) in [6.07, 6.45) is 4.34. The molecule has 0 bridgehead atoms. The van der Waals surface area contributed by atoms with E-state index in [1.54, 1.807) is 0 Å². The number of hydrogen-bond acceptors (Lipinski definition) is 3. The summed E-state index contributed by atoms with van der Waals surface area (Å²) in [6.45, 7) is 3.72. The van der Waals surface area contributed by atoms with Gasteiger partial charge in [0.05, 0.1) is 0 Å². The molecule has 3 atom stereocenters. The largest absolute Gasteiger partial charge is 0.509 e. The molecule has 1 aliphatic heterocycles. The van der Waals surface area contributed by atoms with E-state index < -0.39 is 6.16 Å². The van der Waals surface area contributed by atoms with Crippen molar-refractivity contribution >= 4 is 6.16 Å². The fourth-order valence-electron chi connectivity index (χ4n) is 1.96. The van der Waals surface area contributed by atoms with Crippen LogP contribution in [0.2, 0.25) is 0 Å².